The van der Waals surface area contributed by atoms with Gasteiger partial charge in [0, 0.05) is 42.7 Å². The maximum absolute atomic E-state index is 14.5. The second kappa shape index (κ2) is 10.6. The lowest BCUT2D eigenvalue weighted by Gasteiger charge is -2.45. The Hall–Kier alpha value is -4.66. The van der Waals surface area contributed by atoms with Crippen LogP contribution in [-0.2, 0) is 35.5 Å². The van der Waals surface area contributed by atoms with Crippen molar-refractivity contribution in [3.05, 3.63) is 95.2 Å². The number of amides is 4. The van der Waals surface area contributed by atoms with Gasteiger partial charge in [-0.05, 0) is 66.0 Å². The summed E-state index contributed by atoms with van der Waals surface area (Å²) in [6.07, 6.45) is 4.17. The number of para-hydroxylation sites is 1. The molecule has 0 bridgehead atoms. The van der Waals surface area contributed by atoms with Crippen molar-refractivity contribution in [1.82, 2.24) is 20.0 Å². The number of piperidine rings is 1. The summed E-state index contributed by atoms with van der Waals surface area (Å²) in [5.41, 5.74) is 12.1. The third kappa shape index (κ3) is 4.68. The molecule has 9 nitrogen and oxygen atoms in total. The van der Waals surface area contributed by atoms with Crippen LogP contribution in [0.3, 0.4) is 0 Å². The molecule has 214 valence electrons. The first kappa shape index (κ1) is 26.3. The van der Waals surface area contributed by atoms with Gasteiger partial charge in [-0.1, -0.05) is 54.6 Å². The van der Waals surface area contributed by atoms with Gasteiger partial charge in [0.15, 0.2) is 0 Å². The zero-order valence-corrected chi connectivity index (χ0v) is 23.3. The fourth-order valence-corrected chi connectivity index (χ4v) is 7.37. The van der Waals surface area contributed by atoms with Crippen LogP contribution in [0.5, 0.6) is 0 Å². The number of carbonyl (C=O) groups excluding carboxylic acids is 3. The third-order valence-electron chi connectivity index (χ3n) is 9.52. The number of benzene rings is 3. The maximum Gasteiger partial charge on any atom is 0.315 e. The first-order valence-corrected chi connectivity index (χ1v) is 14.7. The van der Waals surface area contributed by atoms with Gasteiger partial charge in [-0.25, -0.2) is 4.79 Å². The topological polar surface area (TPSA) is 124 Å². The minimum Gasteiger partial charge on any atom is -0.351 e. The van der Waals surface area contributed by atoms with Crippen molar-refractivity contribution < 1.29 is 14.4 Å². The fraction of sp³-hybridized carbons (Fsp3) is 0.333. The number of fused-ring (bicyclic) bond motifs is 4. The van der Waals surface area contributed by atoms with Gasteiger partial charge in [0.1, 0.15) is 0 Å². The van der Waals surface area contributed by atoms with Crippen LogP contribution in [0.1, 0.15) is 35.1 Å². The van der Waals surface area contributed by atoms with E-state index in [4.69, 9.17) is 5.73 Å². The quantitative estimate of drug-likeness (QED) is 0.344. The van der Waals surface area contributed by atoms with Crippen molar-refractivity contribution in [3.63, 3.8) is 0 Å². The number of aromatic nitrogens is 2. The molecule has 1 fully saturated rings. The molecule has 0 saturated carbocycles. The van der Waals surface area contributed by atoms with E-state index in [1.807, 2.05) is 65.7 Å². The Labute approximate surface area is 244 Å². The number of primary amides is 1. The highest BCUT2D eigenvalue weighted by molar-refractivity contribution is 5.96. The Kier molecular flexibility index (Phi) is 6.64. The van der Waals surface area contributed by atoms with Crippen LogP contribution in [0.25, 0.3) is 10.9 Å². The molecule has 1 saturated heterocycles. The molecule has 0 aliphatic carbocycles. The Balaban J connectivity index is 1.25. The van der Waals surface area contributed by atoms with Crippen LogP contribution < -0.4 is 11.1 Å². The number of carbonyl (C=O) groups is 3. The van der Waals surface area contributed by atoms with Crippen molar-refractivity contribution in [3.8, 4) is 0 Å². The smallest absolute Gasteiger partial charge is 0.315 e. The number of nitrogens with zero attached hydrogens (tertiary/aromatic N) is 3. The normalized spacial score (nSPS) is 24.1. The first-order chi connectivity index (χ1) is 20.5. The van der Waals surface area contributed by atoms with Crippen molar-refractivity contribution in [1.29, 1.82) is 0 Å². The molecule has 42 heavy (non-hydrogen) atoms. The lowest BCUT2D eigenvalue weighted by molar-refractivity contribution is -0.139. The van der Waals surface area contributed by atoms with E-state index in [0.717, 1.165) is 38.8 Å². The number of nitrogens with one attached hydrogen (secondary N) is 2. The molecule has 9 heteroatoms. The lowest BCUT2D eigenvalue weighted by atomic mass is 9.73. The van der Waals surface area contributed by atoms with Gasteiger partial charge >= 0.3 is 6.03 Å². The predicted molar refractivity (Wildman–Crippen MR) is 159 cm³/mol. The monoisotopic (exact) mass is 562 g/mol. The van der Waals surface area contributed by atoms with Crippen molar-refractivity contribution in [2.24, 2.45) is 23.5 Å². The molecule has 0 spiro atoms. The SMILES string of the molecule is NC(=O)N1CCC(C2Cc3ccccc3NC2=O)CC1[C@H]1Cc2ccc3[nH]ncc3c2CN(Cc2ccccc2)C1=O. The molecule has 4 heterocycles. The van der Waals surface area contributed by atoms with E-state index in [2.05, 4.69) is 27.6 Å². The Morgan fingerprint density at radius 2 is 1.74 bits per heavy atom. The second-order valence-corrected chi connectivity index (χ2v) is 11.9. The van der Waals surface area contributed by atoms with Crippen LogP contribution >= 0.6 is 0 Å². The van der Waals surface area contributed by atoms with E-state index in [-0.39, 0.29) is 23.7 Å². The summed E-state index contributed by atoms with van der Waals surface area (Å²) < 4.78 is 0. The van der Waals surface area contributed by atoms with Crippen molar-refractivity contribution in [2.45, 2.75) is 44.8 Å². The molecule has 4 N–H and O–H groups in total. The maximum atomic E-state index is 14.5. The summed E-state index contributed by atoms with van der Waals surface area (Å²) in [5, 5.41) is 11.4. The number of nitrogens with two attached hydrogens (primary N) is 1. The number of anilines is 1. The number of urea groups is 1. The highest BCUT2D eigenvalue weighted by Crippen LogP contribution is 2.40. The van der Waals surface area contributed by atoms with E-state index in [1.54, 1.807) is 4.90 Å². The van der Waals surface area contributed by atoms with Gasteiger partial charge in [-0.15, -0.1) is 0 Å². The lowest BCUT2D eigenvalue weighted by Crippen LogP contribution is -2.56. The molecule has 3 aliphatic heterocycles. The minimum absolute atomic E-state index is 0.00189. The molecular weight excluding hydrogens is 528 g/mol. The number of likely N-dealkylation sites (tertiary alicyclic amines) is 1. The average Bonchev–Trinajstić information content (AvgIpc) is 3.44. The summed E-state index contributed by atoms with van der Waals surface area (Å²) in [7, 11) is 0. The number of rotatable bonds is 4. The predicted octanol–water partition coefficient (Wildman–Crippen LogP) is 4.23. The minimum atomic E-state index is -0.519. The van der Waals surface area contributed by atoms with Crippen LogP contribution in [0, 0.1) is 17.8 Å². The average molecular weight is 563 g/mol. The molecule has 1 aromatic heterocycles. The van der Waals surface area contributed by atoms with E-state index in [1.165, 1.54) is 0 Å². The van der Waals surface area contributed by atoms with Gasteiger partial charge < -0.3 is 20.9 Å². The molecule has 3 aliphatic rings. The van der Waals surface area contributed by atoms with Crippen molar-refractivity contribution in [2.75, 3.05) is 11.9 Å². The zero-order valence-electron chi connectivity index (χ0n) is 23.3. The number of aromatic amines is 1. The molecule has 4 aromatic rings. The summed E-state index contributed by atoms with van der Waals surface area (Å²) in [5.74, 6) is -0.684. The zero-order chi connectivity index (χ0) is 28.8. The van der Waals surface area contributed by atoms with Crippen LogP contribution in [0.15, 0.2) is 72.9 Å². The van der Waals surface area contributed by atoms with Gasteiger partial charge in [0.25, 0.3) is 0 Å². The summed E-state index contributed by atoms with van der Waals surface area (Å²) >= 11 is 0. The van der Waals surface area contributed by atoms with Crippen LogP contribution in [-0.4, -0.2) is 50.4 Å². The Bertz CT molecular complexity index is 1670. The van der Waals surface area contributed by atoms with Gasteiger partial charge in [-0.3, -0.25) is 14.7 Å². The molecule has 0 radical (unpaired) electrons. The molecule has 3 unspecified atom stereocenters. The number of hydrogen-bond donors (Lipinski definition) is 3. The molecule has 4 amide bonds. The Morgan fingerprint density at radius 3 is 2.57 bits per heavy atom. The van der Waals surface area contributed by atoms with Gasteiger partial charge in [0.05, 0.1) is 17.6 Å². The summed E-state index contributed by atoms with van der Waals surface area (Å²) in [6.45, 7) is 1.33. The third-order valence-corrected chi connectivity index (χ3v) is 9.52. The highest BCUT2D eigenvalue weighted by Gasteiger charge is 2.45. The van der Waals surface area contributed by atoms with E-state index in [9.17, 15) is 14.4 Å². The van der Waals surface area contributed by atoms with E-state index < -0.39 is 18.0 Å². The molecule has 4 atom stereocenters. The van der Waals surface area contributed by atoms with E-state index >= 15 is 0 Å². The number of hydrogen-bond acceptors (Lipinski definition) is 4. The Morgan fingerprint density at radius 1 is 0.952 bits per heavy atom. The molecule has 3 aromatic carbocycles. The molecular formula is C33H34N6O3. The largest absolute Gasteiger partial charge is 0.351 e. The van der Waals surface area contributed by atoms with Gasteiger partial charge in [0.2, 0.25) is 11.8 Å². The van der Waals surface area contributed by atoms with Crippen LogP contribution in [0.2, 0.25) is 0 Å². The summed E-state index contributed by atoms with van der Waals surface area (Å²) in [4.78, 5) is 44.2. The first-order valence-electron chi connectivity index (χ1n) is 14.7. The van der Waals surface area contributed by atoms with Crippen LogP contribution in [0.4, 0.5) is 10.5 Å². The molecule has 7 rings (SSSR count). The van der Waals surface area contributed by atoms with E-state index in [0.29, 0.717) is 45.3 Å². The fourth-order valence-electron chi connectivity index (χ4n) is 7.37. The standard InChI is InChI=1S/C33H34N6O3/c34-33(42)39-13-12-22(24-15-23-8-4-5-9-28(23)36-31(24)40)16-30(39)25-14-21-10-11-29-26(17-35-37-29)27(21)19-38(32(25)41)18-20-6-2-1-3-7-20/h1-11,17,22,24-25,30H,12-16,18-19H2,(H2,34,42)(H,35,37)(H,36,40)/t22?,24?,25-,30?/m1/s1. The highest BCUT2D eigenvalue weighted by atomic mass is 16.2. The second-order valence-electron chi connectivity index (χ2n) is 11.9. The van der Waals surface area contributed by atoms with Crippen molar-refractivity contribution >= 4 is 34.4 Å². The number of H-pyrrole nitrogens is 1. The van der Waals surface area contributed by atoms with Gasteiger partial charge in [-0.2, -0.15) is 5.10 Å². The summed E-state index contributed by atoms with van der Waals surface area (Å²) in [6, 6.07) is 21.0.